The quantitative estimate of drug-likeness (QED) is 0.427. The summed E-state index contributed by atoms with van der Waals surface area (Å²) in [6.07, 6.45) is 6.87. The van der Waals surface area contributed by atoms with Crippen LogP contribution < -0.4 is 11.1 Å². The Bertz CT molecular complexity index is 580. The lowest BCUT2D eigenvalue weighted by Crippen LogP contribution is -2.40. The molecule has 1 aromatic carbocycles. The molecular formula is C18H27IN4O. The molecule has 1 aliphatic heterocycles. The van der Waals surface area contributed by atoms with Gasteiger partial charge in [-0.15, -0.1) is 24.0 Å². The summed E-state index contributed by atoms with van der Waals surface area (Å²) in [6, 6.07) is 7.89. The number of anilines is 1. The zero-order chi connectivity index (χ0) is 16.1. The molecule has 132 valence electrons. The Morgan fingerprint density at radius 1 is 1.21 bits per heavy atom. The minimum absolute atomic E-state index is 0. The van der Waals surface area contributed by atoms with Crippen LogP contribution in [-0.4, -0.2) is 29.9 Å². The molecule has 24 heavy (non-hydrogen) atoms. The first-order chi connectivity index (χ1) is 11.2. The van der Waals surface area contributed by atoms with Gasteiger partial charge in [-0.25, -0.2) is 4.99 Å². The van der Waals surface area contributed by atoms with Crippen molar-refractivity contribution in [2.24, 2.45) is 16.6 Å². The molecule has 0 radical (unpaired) electrons. The monoisotopic (exact) mass is 442 g/mol. The molecule has 1 aromatic rings. The summed E-state index contributed by atoms with van der Waals surface area (Å²) in [5.74, 6) is 0.977. The summed E-state index contributed by atoms with van der Waals surface area (Å²) in [5.41, 5.74) is 8.01. The SMILES string of the molecule is I.NC(=NCc1cccc(NC(=O)C2CCC2)c1)N1CCCCC1. The number of carbonyl (C=O) groups is 1. The van der Waals surface area contributed by atoms with Crippen molar-refractivity contribution in [1.82, 2.24) is 4.90 Å². The van der Waals surface area contributed by atoms with Crippen LogP contribution >= 0.6 is 24.0 Å². The summed E-state index contributed by atoms with van der Waals surface area (Å²) in [6.45, 7) is 2.56. The first-order valence-electron chi connectivity index (χ1n) is 8.67. The highest BCUT2D eigenvalue weighted by Crippen LogP contribution is 2.27. The molecule has 2 fully saturated rings. The second-order valence-electron chi connectivity index (χ2n) is 6.54. The van der Waals surface area contributed by atoms with Crippen LogP contribution in [0.15, 0.2) is 29.3 Å². The van der Waals surface area contributed by atoms with E-state index in [1.165, 1.54) is 25.7 Å². The Morgan fingerprint density at radius 2 is 1.96 bits per heavy atom. The van der Waals surface area contributed by atoms with E-state index < -0.39 is 0 Å². The number of hydrogen-bond acceptors (Lipinski definition) is 2. The van der Waals surface area contributed by atoms with Gasteiger partial charge in [0.25, 0.3) is 0 Å². The summed E-state index contributed by atoms with van der Waals surface area (Å²) in [4.78, 5) is 18.7. The number of rotatable bonds is 4. The molecule has 1 amide bonds. The number of nitrogens with zero attached hydrogens (tertiary/aromatic N) is 2. The molecule has 1 saturated heterocycles. The van der Waals surface area contributed by atoms with E-state index in [1.54, 1.807) is 0 Å². The van der Waals surface area contributed by atoms with E-state index in [0.29, 0.717) is 12.5 Å². The molecule has 1 saturated carbocycles. The van der Waals surface area contributed by atoms with Gasteiger partial charge in [0.15, 0.2) is 5.96 Å². The number of halogens is 1. The standard InChI is InChI=1S/C18H26N4O.HI/c19-18(22-10-2-1-3-11-22)20-13-14-6-4-9-16(12-14)21-17(23)15-7-5-8-15;/h4,6,9,12,15H,1-3,5,7-8,10-11,13H2,(H2,19,20)(H,21,23);1H. The van der Waals surface area contributed by atoms with Crippen molar-refractivity contribution in [3.05, 3.63) is 29.8 Å². The maximum atomic E-state index is 12.0. The van der Waals surface area contributed by atoms with Crippen molar-refractivity contribution < 1.29 is 4.79 Å². The molecule has 5 nitrogen and oxygen atoms in total. The molecule has 3 N–H and O–H groups in total. The molecule has 1 aliphatic carbocycles. The van der Waals surface area contributed by atoms with Crippen LogP contribution in [0.2, 0.25) is 0 Å². The Labute approximate surface area is 161 Å². The molecule has 0 unspecified atom stereocenters. The van der Waals surface area contributed by atoms with Crippen molar-refractivity contribution in [3.63, 3.8) is 0 Å². The van der Waals surface area contributed by atoms with E-state index in [-0.39, 0.29) is 35.8 Å². The molecule has 1 heterocycles. The van der Waals surface area contributed by atoms with Crippen LogP contribution in [0.3, 0.4) is 0 Å². The van der Waals surface area contributed by atoms with E-state index in [1.807, 2.05) is 24.3 Å². The molecule has 0 aromatic heterocycles. The van der Waals surface area contributed by atoms with E-state index in [0.717, 1.165) is 37.2 Å². The van der Waals surface area contributed by atoms with Crippen LogP contribution in [0.5, 0.6) is 0 Å². The molecule has 6 heteroatoms. The van der Waals surface area contributed by atoms with Gasteiger partial charge in [-0.2, -0.15) is 0 Å². The minimum Gasteiger partial charge on any atom is -0.370 e. The first kappa shape index (κ1) is 19.0. The zero-order valence-corrected chi connectivity index (χ0v) is 16.4. The van der Waals surface area contributed by atoms with E-state index in [2.05, 4.69) is 15.2 Å². The topological polar surface area (TPSA) is 70.7 Å². The number of likely N-dealkylation sites (tertiary alicyclic amines) is 1. The fourth-order valence-corrected chi connectivity index (χ4v) is 3.06. The molecular weight excluding hydrogens is 415 g/mol. The van der Waals surface area contributed by atoms with Gasteiger partial charge in [0.2, 0.25) is 5.91 Å². The van der Waals surface area contributed by atoms with Gasteiger partial charge in [0, 0.05) is 24.7 Å². The predicted molar refractivity (Wildman–Crippen MR) is 109 cm³/mol. The van der Waals surface area contributed by atoms with Gasteiger partial charge in [0.05, 0.1) is 6.54 Å². The van der Waals surface area contributed by atoms with E-state index in [4.69, 9.17) is 5.73 Å². The number of amides is 1. The van der Waals surface area contributed by atoms with Gasteiger partial charge in [-0.1, -0.05) is 18.6 Å². The molecule has 0 spiro atoms. The van der Waals surface area contributed by atoms with Crippen LogP contribution in [0.4, 0.5) is 5.69 Å². The van der Waals surface area contributed by atoms with Crippen LogP contribution in [0, 0.1) is 5.92 Å². The van der Waals surface area contributed by atoms with Gasteiger partial charge in [0.1, 0.15) is 0 Å². The maximum absolute atomic E-state index is 12.0. The Hall–Kier alpha value is -1.31. The van der Waals surface area contributed by atoms with Gasteiger partial charge in [-0.05, 0) is 49.8 Å². The van der Waals surface area contributed by atoms with Gasteiger partial charge >= 0.3 is 0 Å². The first-order valence-corrected chi connectivity index (χ1v) is 8.67. The normalized spacial score (nSPS) is 18.5. The fraction of sp³-hybridized carbons (Fsp3) is 0.556. The van der Waals surface area contributed by atoms with Crippen LogP contribution in [0.1, 0.15) is 44.1 Å². The number of piperidine rings is 1. The highest BCUT2D eigenvalue weighted by molar-refractivity contribution is 14.0. The number of hydrogen-bond donors (Lipinski definition) is 2. The second-order valence-corrected chi connectivity index (χ2v) is 6.54. The molecule has 2 aliphatic rings. The van der Waals surface area contributed by atoms with E-state index >= 15 is 0 Å². The Morgan fingerprint density at radius 3 is 2.62 bits per heavy atom. The summed E-state index contributed by atoms with van der Waals surface area (Å²) < 4.78 is 0. The lowest BCUT2D eigenvalue weighted by Gasteiger charge is -2.27. The highest BCUT2D eigenvalue weighted by Gasteiger charge is 2.25. The van der Waals surface area contributed by atoms with Crippen molar-refractivity contribution in [1.29, 1.82) is 0 Å². The second kappa shape index (κ2) is 9.25. The number of benzene rings is 1. The lowest BCUT2D eigenvalue weighted by molar-refractivity contribution is -0.122. The Kier molecular flexibility index (Phi) is 7.33. The van der Waals surface area contributed by atoms with Crippen LogP contribution in [-0.2, 0) is 11.3 Å². The van der Waals surface area contributed by atoms with Crippen LogP contribution in [0.25, 0.3) is 0 Å². The van der Waals surface area contributed by atoms with Crippen molar-refractivity contribution in [2.75, 3.05) is 18.4 Å². The van der Waals surface area contributed by atoms with E-state index in [9.17, 15) is 4.79 Å². The third kappa shape index (κ3) is 5.09. The maximum Gasteiger partial charge on any atom is 0.227 e. The van der Waals surface area contributed by atoms with Crippen molar-refractivity contribution in [2.45, 2.75) is 45.1 Å². The summed E-state index contributed by atoms with van der Waals surface area (Å²) in [7, 11) is 0. The molecule has 0 atom stereocenters. The summed E-state index contributed by atoms with van der Waals surface area (Å²) >= 11 is 0. The fourth-order valence-electron chi connectivity index (χ4n) is 3.06. The number of guanidine groups is 1. The van der Waals surface area contributed by atoms with Gasteiger partial charge < -0.3 is 16.0 Å². The zero-order valence-electron chi connectivity index (χ0n) is 14.0. The lowest BCUT2D eigenvalue weighted by atomic mass is 9.85. The Balaban J connectivity index is 0.00000208. The predicted octanol–water partition coefficient (Wildman–Crippen LogP) is 3.34. The summed E-state index contributed by atoms with van der Waals surface area (Å²) in [5, 5.41) is 3.01. The average molecular weight is 442 g/mol. The number of carbonyl (C=O) groups excluding carboxylic acids is 1. The smallest absolute Gasteiger partial charge is 0.227 e. The van der Waals surface area contributed by atoms with Gasteiger partial charge in [-0.3, -0.25) is 4.79 Å². The van der Waals surface area contributed by atoms with Crippen molar-refractivity contribution in [3.8, 4) is 0 Å². The minimum atomic E-state index is 0. The number of nitrogens with one attached hydrogen (secondary N) is 1. The third-order valence-corrected chi connectivity index (χ3v) is 4.77. The molecule has 3 rings (SSSR count). The van der Waals surface area contributed by atoms with Crippen molar-refractivity contribution >= 4 is 41.5 Å². The number of aliphatic imine (C=N–C) groups is 1. The average Bonchev–Trinajstić information content (AvgIpc) is 2.52. The largest absolute Gasteiger partial charge is 0.370 e. The number of nitrogens with two attached hydrogens (primary N) is 1. The molecule has 0 bridgehead atoms. The third-order valence-electron chi connectivity index (χ3n) is 4.77. The highest BCUT2D eigenvalue weighted by atomic mass is 127.